The monoisotopic (exact) mass is 345 g/mol. The third-order valence-corrected chi connectivity index (χ3v) is 4.36. The summed E-state index contributed by atoms with van der Waals surface area (Å²) in [5, 5.41) is 11.8. The van der Waals surface area contributed by atoms with Crippen LogP contribution in [0.15, 0.2) is 90.0 Å². The van der Waals surface area contributed by atoms with E-state index in [1.165, 1.54) is 5.57 Å². The van der Waals surface area contributed by atoms with Crippen molar-refractivity contribution in [3.05, 3.63) is 96.1 Å². The Labute approximate surface area is 156 Å². The van der Waals surface area contributed by atoms with E-state index in [0.29, 0.717) is 18.3 Å². The highest BCUT2D eigenvalue weighted by atomic mass is 15.0. The number of hydrogen-bond acceptors (Lipinski definition) is 1. The van der Waals surface area contributed by atoms with Gasteiger partial charge in [0.2, 0.25) is 0 Å². The molecular formula is C23H27N3. The molecule has 0 amide bonds. The number of aliphatic imine (C=N–C) groups is 1. The topological polar surface area (TPSA) is 48.2 Å². The number of amidine groups is 2. The number of nitrogens with zero attached hydrogens (tertiary/aromatic N) is 1. The second-order valence-corrected chi connectivity index (χ2v) is 6.18. The number of benzene rings is 2. The molecule has 0 saturated carbocycles. The van der Waals surface area contributed by atoms with Gasteiger partial charge < -0.3 is 5.32 Å². The van der Waals surface area contributed by atoms with E-state index in [-0.39, 0.29) is 5.84 Å². The predicted octanol–water partition coefficient (Wildman–Crippen LogP) is 5.21. The lowest BCUT2D eigenvalue weighted by molar-refractivity contribution is 0.633. The lowest BCUT2D eigenvalue weighted by Gasteiger charge is -2.17. The van der Waals surface area contributed by atoms with Crippen LogP contribution in [0.4, 0.5) is 0 Å². The fraction of sp³-hybridized carbons (Fsp3) is 0.217. The molecule has 0 spiro atoms. The summed E-state index contributed by atoms with van der Waals surface area (Å²) in [6, 6.07) is 19.5. The SMILES string of the molecule is C=C/C=C(\CN/C(=N\C(=N)c1ccccc1)c1ccccc1)[C@@H](C)CC. The van der Waals surface area contributed by atoms with Gasteiger partial charge in [0.05, 0.1) is 0 Å². The summed E-state index contributed by atoms with van der Waals surface area (Å²) >= 11 is 0. The van der Waals surface area contributed by atoms with Crippen molar-refractivity contribution in [2.24, 2.45) is 10.9 Å². The molecule has 0 fully saturated rings. The fourth-order valence-electron chi connectivity index (χ4n) is 2.57. The highest BCUT2D eigenvalue weighted by Gasteiger charge is 2.10. The van der Waals surface area contributed by atoms with Gasteiger partial charge in [-0.25, -0.2) is 4.99 Å². The van der Waals surface area contributed by atoms with Gasteiger partial charge in [0.25, 0.3) is 0 Å². The molecule has 0 heterocycles. The second kappa shape index (κ2) is 10.1. The van der Waals surface area contributed by atoms with E-state index in [1.54, 1.807) is 0 Å². The van der Waals surface area contributed by atoms with Crippen LogP contribution in [0, 0.1) is 11.3 Å². The van der Waals surface area contributed by atoms with Crippen molar-refractivity contribution < 1.29 is 0 Å². The van der Waals surface area contributed by atoms with Crippen LogP contribution in [0.3, 0.4) is 0 Å². The zero-order valence-electron chi connectivity index (χ0n) is 15.6. The molecule has 0 aromatic heterocycles. The summed E-state index contributed by atoms with van der Waals surface area (Å²) in [6.07, 6.45) is 4.96. The molecule has 3 nitrogen and oxygen atoms in total. The average Bonchev–Trinajstić information content (AvgIpc) is 2.70. The Morgan fingerprint density at radius 1 is 1.08 bits per heavy atom. The van der Waals surface area contributed by atoms with Crippen LogP contribution < -0.4 is 5.32 Å². The van der Waals surface area contributed by atoms with Gasteiger partial charge in [-0.3, -0.25) is 5.41 Å². The molecule has 1 atom stereocenters. The van der Waals surface area contributed by atoms with Gasteiger partial charge in [-0.1, -0.05) is 93.2 Å². The Morgan fingerprint density at radius 2 is 1.65 bits per heavy atom. The molecule has 2 aromatic rings. The molecule has 0 unspecified atom stereocenters. The lowest BCUT2D eigenvalue weighted by Crippen LogP contribution is -2.29. The van der Waals surface area contributed by atoms with Gasteiger partial charge in [-0.15, -0.1) is 0 Å². The van der Waals surface area contributed by atoms with Crippen LogP contribution >= 0.6 is 0 Å². The van der Waals surface area contributed by atoms with E-state index in [4.69, 9.17) is 5.41 Å². The van der Waals surface area contributed by atoms with Gasteiger partial charge in [0.1, 0.15) is 5.84 Å². The van der Waals surface area contributed by atoms with E-state index in [1.807, 2.05) is 66.7 Å². The Balaban J connectivity index is 2.27. The minimum atomic E-state index is 0.245. The van der Waals surface area contributed by atoms with E-state index >= 15 is 0 Å². The fourth-order valence-corrected chi connectivity index (χ4v) is 2.57. The van der Waals surface area contributed by atoms with Crippen LogP contribution in [-0.4, -0.2) is 18.2 Å². The van der Waals surface area contributed by atoms with E-state index in [2.05, 4.69) is 36.8 Å². The zero-order valence-corrected chi connectivity index (χ0v) is 15.6. The summed E-state index contributed by atoms with van der Waals surface area (Å²) in [4.78, 5) is 4.57. The Hall–Kier alpha value is -2.94. The Bertz CT molecular complexity index is 774. The molecule has 2 N–H and O–H groups in total. The molecule has 0 radical (unpaired) electrons. The highest BCUT2D eigenvalue weighted by Crippen LogP contribution is 2.14. The minimum absolute atomic E-state index is 0.245. The largest absolute Gasteiger partial charge is 0.366 e. The predicted molar refractivity (Wildman–Crippen MR) is 112 cm³/mol. The maximum Gasteiger partial charge on any atom is 0.154 e. The number of rotatable bonds is 7. The normalized spacial score (nSPS) is 13.2. The molecule has 0 saturated heterocycles. The van der Waals surface area contributed by atoms with Crippen molar-refractivity contribution in [3.8, 4) is 0 Å². The van der Waals surface area contributed by atoms with E-state index in [9.17, 15) is 0 Å². The van der Waals surface area contributed by atoms with Gasteiger partial charge in [0, 0.05) is 17.7 Å². The van der Waals surface area contributed by atoms with E-state index in [0.717, 1.165) is 17.5 Å². The molecule has 0 aliphatic carbocycles. The van der Waals surface area contributed by atoms with Crippen molar-refractivity contribution in [1.82, 2.24) is 5.32 Å². The van der Waals surface area contributed by atoms with Crippen molar-refractivity contribution >= 4 is 11.7 Å². The van der Waals surface area contributed by atoms with Crippen LogP contribution in [0.25, 0.3) is 0 Å². The molecule has 0 bridgehead atoms. The van der Waals surface area contributed by atoms with Crippen LogP contribution in [0.2, 0.25) is 0 Å². The molecule has 26 heavy (non-hydrogen) atoms. The molecule has 0 aliphatic rings. The first-order chi connectivity index (χ1) is 12.7. The van der Waals surface area contributed by atoms with Gasteiger partial charge in [-0.2, -0.15) is 0 Å². The third-order valence-electron chi connectivity index (χ3n) is 4.36. The molecule has 2 aromatic carbocycles. The molecule has 134 valence electrons. The minimum Gasteiger partial charge on any atom is -0.366 e. The van der Waals surface area contributed by atoms with Gasteiger partial charge in [0.15, 0.2) is 5.84 Å². The summed E-state index contributed by atoms with van der Waals surface area (Å²) < 4.78 is 0. The number of nitrogens with one attached hydrogen (secondary N) is 2. The summed E-state index contributed by atoms with van der Waals surface area (Å²) in [7, 11) is 0. The zero-order chi connectivity index (χ0) is 18.8. The second-order valence-electron chi connectivity index (χ2n) is 6.18. The van der Waals surface area contributed by atoms with Gasteiger partial charge in [-0.05, 0) is 17.9 Å². The molecule has 0 aliphatic heterocycles. The van der Waals surface area contributed by atoms with E-state index < -0.39 is 0 Å². The van der Waals surface area contributed by atoms with Gasteiger partial charge >= 0.3 is 0 Å². The lowest BCUT2D eigenvalue weighted by atomic mass is 9.98. The molecular weight excluding hydrogens is 318 g/mol. The molecule has 3 heteroatoms. The maximum atomic E-state index is 8.34. The highest BCUT2D eigenvalue weighted by molar-refractivity contribution is 6.10. The third kappa shape index (κ3) is 5.55. The Kier molecular flexibility index (Phi) is 7.56. The smallest absolute Gasteiger partial charge is 0.154 e. The van der Waals surface area contributed by atoms with Crippen molar-refractivity contribution in [2.75, 3.05) is 6.54 Å². The molecule has 2 rings (SSSR count). The first-order valence-corrected chi connectivity index (χ1v) is 8.99. The first-order valence-electron chi connectivity index (χ1n) is 8.99. The van der Waals surface area contributed by atoms with Crippen LogP contribution in [0.5, 0.6) is 0 Å². The van der Waals surface area contributed by atoms with Crippen LogP contribution in [0.1, 0.15) is 31.4 Å². The maximum absolute atomic E-state index is 8.34. The quantitative estimate of drug-likeness (QED) is 0.404. The average molecular weight is 345 g/mol. The Morgan fingerprint density at radius 3 is 2.19 bits per heavy atom. The summed E-state index contributed by atoms with van der Waals surface area (Å²) in [6.45, 7) is 8.89. The first kappa shape index (κ1) is 19.4. The summed E-state index contributed by atoms with van der Waals surface area (Å²) in [5.41, 5.74) is 3.04. The van der Waals surface area contributed by atoms with Crippen molar-refractivity contribution in [2.45, 2.75) is 20.3 Å². The van der Waals surface area contributed by atoms with Crippen LogP contribution in [-0.2, 0) is 0 Å². The van der Waals surface area contributed by atoms with Crippen molar-refractivity contribution in [1.29, 1.82) is 5.41 Å². The van der Waals surface area contributed by atoms with Crippen molar-refractivity contribution in [3.63, 3.8) is 0 Å². The standard InChI is InChI=1S/C23H27N3/c1-4-12-21(18(3)5-2)17-25-23(20-15-10-7-11-16-20)26-22(24)19-13-8-6-9-14-19/h4,6-16,18H,1,5,17H2,2-3H3,(H2,24,25,26)/b21-12+/t18-/m0/s1. The number of allylic oxidation sites excluding steroid dienone is 2. The summed E-state index contributed by atoms with van der Waals surface area (Å²) in [5.74, 6) is 1.42. The number of hydrogen-bond donors (Lipinski definition) is 2.